The van der Waals surface area contributed by atoms with Crippen molar-refractivity contribution in [1.29, 1.82) is 0 Å². The molecule has 148 valence electrons. The Morgan fingerprint density at radius 3 is 2.00 bits per heavy atom. The van der Waals surface area contributed by atoms with Crippen LogP contribution in [0.4, 0.5) is 5.88 Å². The zero-order valence-corrected chi connectivity index (χ0v) is 18.0. The maximum absolute atomic E-state index is 13.2. The number of nitrogens with zero attached hydrogens (tertiary/aromatic N) is 2. The number of hydrogen-bond acceptors (Lipinski definition) is 5. The van der Waals surface area contributed by atoms with Gasteiger partial charge in [-0.05, 0) is 42.2 Å². The number of anilines is 1. The lowest BCUT2D eigenvalue weighted by atomic mass is 9.87. The van der Waals surface area contributed by atoms with E-state index in [1.807, 2.05) is 31.2 Å². The van der Waals surface area contributed by atoms with Crippen molar-refractivity contribution in [2.24, 2.45) is 0 Å². The van der Waals surface area contributed by atoms with Crippen LogP contribution < -0.4 is 4.90 Å². The third-order valence-corrected chi connectivity index (χ3v) is 6.24. The molecule has 0 aliphatic carbocycles. The number of oxazole rings is 1. The third kappa shape index (κ3) is 3.83. The summed E-state index contributed by atoms with van der Waals surface area (Å²) in [5, 5.41) is -0.0729. The van der Waals surface area contributed by atoms with Crippen LogP contribution in [0, 0.1) is 6.92 Å². The SMILES string of the molecule is Cc1ccc(S(=O)(=O)c2nc(-c3ccc(C(C)(C)C)cc3)oc2N(C)C)cc1. The van der Waals surface area contributed by atoms with Gasteiger partial charge in [0.25, 0.3) is 0 Å². The Morgan fingerprint density at radius 2 is 1.50 bits per heavy atom. The average molecular weight is 399 g/mol. The fourth-order valence-corrected chi connectivity index (χ4v) is 4.20. The summed E-state index contributed by atoms with van der Waals surface area (Å²) in [5.74, 6) is 0.505. The lowest BCUT2D eigenvalue weighted by molar-refractivity contribution is 0.563. The summed E-state index contributed by atoms with van der Waals surface area (Å²) in [6.45, 7) is 8.34. The predicted octanol–water partition coefficient (Wildman–Crippen LogP) is 4.85. The Morgan fingerprint density at radius 1 is 0.929 bits per heavy atom. The van der Waals surface area contributed by atoms with Gasteiger partial charge in [0.05, 0.1) is 4.90 Å². The standard InChI is InChI=1S/C22H26N2O3S/c1-15-7-13-18(14-8-15)28(25,26)20-21(24(5)6)27-19(23-20)16-9-11-17(12-10-16)22(2,3)4/h7-14H,1-6H3. The molecule has 2 aromatic carbocycles. The molecule has 0 saturated heterocycles. The minimum Gasteiger partial charge on any atom is -0.419 e. The molecule has 6 heteroatoms. The zero-order valence-electron chi connectivity index (χ0n) is 17.1. The van der Waals surface area contributed by atoms with Crippen LogP contribution in [-0.2, 0) is 15.3 Å². The van der Waals surface area contributed by atoms with Crippen molar-refractivity contribution in [2.75, 3.05) is 19.0 Å². The van der Waals surface area contributed by atoms with Crippen LogP contribution in [0.3, 0.4) is 0 Å². The van der Waals surface area contributed by atoms with Crippen LogP contribution in [0.25, 0.3) is 11.5 Å². The molecular formula is C22H26N2O3S. The van der Waals surface area contributed by atoms with Crippen molar-refractivity contribution < 1.29 is 12.8 Å². The molecule has 1 heterocycles. The summed E-state index contributed by atoms with van der Waals surface area (Å²) < 4.78 is 32.2. The van der Waals surface area contributed by atoms with Crippen LogP contribution in [-0.4, -0.2) is 27.5 Å². The Hall–Kier alpha value is -2.60. The molecule has 0 bridgehead atoms. The molecule has 0 aliphatic heterocycles. The third-order valence-electron chi connectivity index (χ3n) is 4.57. The van der Waals surface area contributed by atoms with Crippen molar-refractivity contribution in [3.05, 3.63) is 59.7 Å². The molecule has 0 saturated carbocycles. The molecule has 0 atom stereocenters. The average Bonchev–Trinajstić information content (AvgIpc) is 3.08. The van der Waals surface area contributed by atoms with Gasteiger partial charge in [-0.2, -0.15) is 4.98 Å². The summed E-state index contributed by atoms with van der Waals surface area (Å²) in [6.07, 6.45) is 0. The molecule has 3 rings (SSSR count). The number of rotatable bonds is 4. The fourth-order valence-electron chi connectivity index (χ4n) is 2.82. The Bertz CT molecular complexity index is 1070. The van der Waals surface area contributed by atoms with E-state index in [0.717, 1.165) is 11.1 Å². The first-order chi connectivity index (χ1) is 13.0. The van der Waals surface area contributed by atoms with E-state index in [1.165, 1.54) is 5.56 Å². The molecule has 0 aliphatic rings. The second-order valence-corrected chi connectivity index (χ2v) is 10.0. The van der Waals surface area contributed by atoms with Crippen LogP contribution in [0.5, 0.6) is 0 Å². The first kappa shape index (κ1) is 20.1. The van der Waals surface area contributed by atoms with Crippen molar-refractivity contribution >= 4 is 15.7 Å². The van der Waals surface area contributed by atoms with Crippen molar-refractivity contribution in [3.8, 4) is 11.5 Å². The molecule has 28 heavy (non-hydrogen) atoms. The molecule has 3 aromatic rings. The van der Waals surface area contributed by atoms with Gasteiger partial charge in [-0.25, -0.2) is 8.42 Å². The molecular weight excluding hydrogens is 372 g/mol. The van der Waals surface area contributed by atoms with Gasteiger partial charge >= 0.3 is 0 Å². The topological polar surface area (TPSA) is 63.4 Å². The molecule has 1 aromatic heterocycles. The van der Waals surface area contributed by atoms with Gasteiger partial charge in [0.15, 0.2) is 0 Å². The Labute approximate surface area is 166 Å². The van der Waals surface area contributed by atoms with E-state index in [-0.39, 0.29) is 27.1 Å². The van der Waals surface area contributed by atoms with Crippen LogP contribution >= 0.6 is 0 Å². The number of hydrogen-bond donors (Lipinski definition) is 0. The Kier molecular flexibility index (Phi) is 5.10. The minimum absolute atomic E-state index is 0.0316. The van der Waals surface area contributed by atoms with E-state index in [0.29, 0.717) is 0 Å². The number of aryl methyl sites for hydroxylation is 1. The van der Waals surface area contributed by atoms with Crippen molar-refractivity contribution in [2.45, 2.75) is 43.0 Å². The van der Waals surface area contributed by atoms with Crippen LogP contribution in [0.15, 0.2) is 62.9 Å². The second-order valence-electron chi connectivity index (χ2n) is 8.17. The summed E-state index contributed by atoms with van der Waals surface area (Å²) >= 11 is 0. The molecule has 5 nitrogen and oxygen atoms in total. The smallest absolute Gasteiger partial charge is 0.235 e. The zero-order chi connectivity index (χ0) is 20.7. The monoisotopic (exact) mass is 398 g/mol. The fraction of sp³-hybridized carbons (Fsp3) is 0.318. The van der Waals surface area contributed by atoms with Crippen molar-refractivity contribution in [3.63, 3.8) is 0 Å². The van der Waals surface area contributed by atoms with Crippen LogP contribution in [0.1, 0.15) is 31.9 Å². The highest BCUT2D eigenvalue weighted by Crippen LogP contribution is 2.34. The summed E-state index contributed by atoms with van der Waals surface area (Å²) in [6, 6.07) is 14.6. The lowest BCUT2D eigenvalue weighted by Gasteiger charge is -2.18. The maximum atomic E-state index is 13.2. The highest BCUT2D eigenvalue weighted by molar-refractivity contribution is 7.91. The molecule has 0 unspecified atom stereocenters. The van der Waals surface area contributed by atoms with Gasteiger partial charge in [-0.3, -0.25) is 0 Å². The van der Waals surface area contributed by atoms with E-state index in [4.69, 9.17) is 4.42 Å². The van der Waals surface area contributed by atoms with Gasteiger partial charge in [0.1, 0.15) is 0 Å². The van der Waals surface area contributed by atoms with E-state index in [2.05, 4.69) is 25.8 Å². The number of sulfone groups is 1. The number of aromatic nitrogens is 1. The van der Waals surface area contributed by atoms with Crippen LogP contribution in [0.2, 0.25) is 0 Å². The lowest BCUT2D eigenvalue weighted by Crippen LogP contribution is -2.13. The molecule has 0 radical (unpaired) electrons. The highest BCUT2D eigenvalue weighted by Gasteiger charge is 2.29. The van der Waals surface area contributed by atoms with Gasteiger partial charge in [0.2, 0.25) is 26.6 Å². The largest absolute Gasteiger partial charge is 0.419 e. The van der Waals surface area contributed by atoms with Gasteiger partial charge in [0, 0.05) is 19.7 Å². The van der Waals surface area contributed by atoms with Gasteiger partial charge < -0.3 is 9.32 Å². The highest BCUT2D eigenvalue weighted by atomic mass is 32.2. The van der Waals surface area contributed by atoms with E-state index in [9.17, 15) is 8.42 Å². The predicted molar refractivity (Wildman–Crippen MR) is 112 cm³/mol. The quantitative estimate of drug-likeness (QED) is 0.629. The van der Waals surface area contributed by atoms with Gasteiger partial charge in [-0.1, -0.05) is 50.6 Å². The molecule has 0 amide bonds. The van der Waals surface area contributed by atoms with Gasteiger partial charge in [-0.15, -0.1) is 0 Å². The molecule has 0 fully saturated rings. The molecule has 0 N–H and O–H groups in total. The van der Waals surface area contributed by atoms with E-state index in [1.54, 1.807) is 43.3 Å². The number of benzene rings is 2. The Balaban J connectivity index is 2.09. The first-order valence-corrected chi connectivity index (χ1v) is 10.6. The van der Waals surface area contributed by atoms with E-state index < -0.39 is 9.84 Å². The summed E-state index contributed by atoms with van der Waals surface area (Å²) in [4.78, 5) is 6.19. The minimum atomic E-state index is -3.80. The normalized spacial score (nSPS) is 12.2. The second kappa shape index (κ2) is 7.09. The van der Waals surface area contributed by atoms with Crippen molar-refractivity contribution in [1.82, 2.24) is 4.98 Å². The van der Waals surface area contributed by atoms with E-state index >= 15 is 0 Å². The molecule has 0 spiro atoms. The maximum Gasteiger partial charge on any atom is 0.235 e. The first-order valence-electron chi connectivity index (χ1n) is 9.11. The summed E-state index contributed by atoms with van der Waals surface area (Å²) in [7, 11) is -0.322. The summed E-state index contributed by atoms with van der Waals surface area (Å²) in [5.41, 5.74) is 2.94.